The summed E-state index contributed by atoms with van der Waals surface area (Å²) >= 11 is 6.42. The first-order valence-corrected chi connectivity index (χ1v) is 11.3. The molecule has 0 aromatic carbocycles. The van der Waals surface area contributed by atoms with Crippen molar-refractivity contribution in [2.24, 2.45) is 0 Å². The molecule has 0 aliphatic carbocycles. The summed E-state index contributed by atoms with van der Waals surface area (Å²) in [6.45, 7) is 6.92. The minimum Gasteiger partial charge on any atom is -0.487 e. The smallest absolute Gasteiger partial charge is 0.277 e. The zero-order chi connectivity index (χ0) is 25.3. The summed E-state index contributed by atoms with van der Waals surface area (Å²) in [6.07, 6.45) is 6.48. The molecule has 0 fully saturated rings. The van der Waals surface area contributed by atoms with Crippen molar-refractivity contribution in [2.75, 3.05) is 0 Å². The van der Waals surface area contributed by atoms with Crippen LogP contribution in [0.1, 0.15) is 36.2 Å². The van der Waals surface area contributed by atoms with Gasteiger partial charge in [-0.05, 0) is 63.1 Å². The molecule has 0 aliphatic rings. The Kier molecular flexibility index (Phi) is 6.60. The lowest BCUT2D eigenvalue weighted by Crippen LogP contribution is -2.31. The summed E-state index contributed by atoms with van der Waals surface area (Å²) in [5.74, 6) is 0.588. The van der Waals surface area contributed by atoms with Gasteiger partial charge in [-0.25, -0.2) is 4.98 Å². The SMILES string of the molecule is Cc1cnc(-n2cccc(C(C)(C)O)c2=O)cc1-n1c(C)cc(OCc2ccncc2)c(Cl)c1=O. The van der Waals surface area contributed by atoms with E-state index in [0.29, 0.717) is 22.8 Å². The summed E-state index contributed by atoms with van der Waals surface area (Å²) in [5, 5.41) is 10.3. The van der Waals surface area contributed by atoms with Crippen molar-refractivity contribution in [3.05, 3.63) is 109 Å². The van der Waals surface area contributed by atoms with E-state index < -0.39 is 16.7 Å². The highest BCUT2D eigenvalue weighted by molar-refractivity contribution is 6.31. The summed E-state index contributed by atoms with van der Waals surface area (Å²) in [5.41, 5.74) is 0.802. The highest BCUT2D eigenvalue weighted by Crippen LogP contribution is 2.26. The van der Waals surface area contributed by atoms with Gasteiger partial charge in [0, 0.05) is 48.2 Å². The van der Waals surface area contributed by atoms with E-state index in [4.69, 9.17) is 16.3 Å². The van der Waals surface area contributed by atoms with Gasteiger partial charge in [0.25, 0.3) is 11.1 Å². The van der Waals surface area contributed by atoms with Crippen LogP contribution in [0, 0.1) is 13.8 Å². The fraction of sp³-hybridized carbons (Fsp3) is 0.231. The normalized spacial score (nSPS) is 11.5. The number of rotatable bonds is 6. The standard InChI is InChI=1S/C26H25ClN4O4/c1-16-14-29-22(30-11-5-6-19(24(30)32)26(3,4)34)13-20(16)31-17(2)12-21(23(27)25(31)33)35-15-18-7-9-28-10-8-18/h5-14,34H,15H2,1-4H3. The van der Waals surface area contributed by atoms with Crippen LogP contribution in [0.25, 0.3) is 11.5 Å². The minimum atomic E-state index is -1.32. The number of nitrogens with zero attached hydrogens (tertiary/aromatic N) is 4. The third-order valence-electron chi connectivity index (χ3n) is 5.60. The number of aryl methyl sites for hydroxylation is 2. The first-order valence-electron chi connectivity index (χ1n) is 10.9. The van der Waals surface area contributed by atoms with Crippen LogP contribution in [0.5, 0.6) is 5.75 Å². The molecule has 9 heteroatoms. The lowest BCUT2D eigenvalue weighted by atomic mass is 10.0. The van der Waals surface area contributed by atoms with Crippen molar-refractivity contribution >= 4 is 11.6 Å². The molecule has 0 spiro atoms. The largest absolute Gasteiger partial charge is 0.487 e. The van der Waals surface area contributed by atoms with E-state index in [9.17, 15) is 14.7 Å². The van der Waals surface area contributed by atoms with Gasteiger partial charge in [0.15, 0.2) is 0 Å². The topological polar surface area (TPSA) is 99.2 Å². The van der Waals surface area contributed by atoms with Crippen molar-refractivity contribution < 1.29 is 9.84 Å². The Morgan fingerprint density at radius 3 is 2.49 bits per heavy atom. The number of hydrogen-bond acceptors (Lipinski definition) is 6. The second-order valence-electron chi connectivity index (χ2n) is 8.73. The molecule has 0 amide bonds. The zero-order valence-corrected chi connectivity index (χ0v) is 20.6. The van der Waals surface area contributed by atoms with Crippen molar-refractivity contribution in [3.8, 4) is 17.3 Å². The molecule has 180 valence electrons. The quantitative estimate of drug-likeness (QED) is 0.439. The molecule has 8 nitrogen and oxygen atoms in total. The van der Waals surface area contributed by atoms with E-state index >= 15 is 0 Å². The third kappa shape index (κ3) is 4.89. The number of halogens is 1. The lowest BCUT2D eigenvalue weighted by molar-refractivity contribution is 0.0768. The summed E-state index contributed by atoms with van der Waals surface area (Å²) in [6, 6.07) is 10.2. The molecule has 0 unspecified atom stereocenters. The Morgan fingerprint density at radius 2 is 1.80 bits per heavy atom. The van der Waals surface area contributed by atoms with Gasteiger partial charge in [0.1, 0.15) is 23.2 Å². The number of aromatic nitrogens is 4. The van der Waals surface area contributed by atoms with Crippen LogP contribution in [-0.4, -0.2) is 24.2 Å². The van der Waals surface area contributed by atoms with Crippen molar-refractivity contribution in [2.45, 2.75) is 39.9 Å². The molecular formula is C26H25ClN4O4. The van der Waals surface area contributed by atoms with Crippen LogP contribution in [-0.2, 0) is 12.2 Å². The van der Waals surface area contributed by atoms with E-state index in [2.05, 4.69) is 9.97 Å². The Bertz CT molecular complexity index is 1510. The summed E-state index contributed by atoms with van der Waals surface area (Å²) in [7, 11) is 0. The molecule has 0 atom stereocenters. The van der Waals surface area contributed by atoms with Gasteiger partial charge >= 0.3 is 0 Å². The first-order chi connectivity index (χ1) is 16.6. The number of pyridine rings is 4. The molecule has 0 bridgehead atoms. The van der Waals surface area contributed by atoms with Gasteiger partial charge in [-0.2, -0.15) is 0 Å². The maximum Gasteiger partial charge on any atom is 0.277 e. The minimum absolute atomic E-state index is 0.0522. The maximum absolute atomic E-state index is 13.3. The van der Waals surface area contributed by atoms with Gasteiger partial charge in [0.2, 0.25) is 0 Å². The molecular weight excluding hydrogens is 468 g/mol. The summed E-state index contributed by atoms with van der Waals surface area (Å²) in [4.78, 5) is 34.7. The third-order valence-corrected chi connectivity index (χ3v) is 5.95. The Labute approximate surface area is 207 Å². The Morgan fingerprint density at radius 1 is 1.09 bits per heavy atom. The monoisotopic (exact) mass is 492 g/mol. The molecule has 0 radical (unpaired) electrons. The van der Waals surface area contributed by atoms with Gasteiger partial charge < -0.3 is 9.84 Å². The van der Waals surface area contributed by atoms with E-state index in [0.717, 1.165) is 5.56 Å². The van der Waals surface area contributed by atoms with Gasteiger partial charge in [-0.15, -0.1) is 0 Å². The number of aliphatic hydroxyl groups is 1. The maximum atomic E-state index is 13.3. The molecule has 4 aromatic rings. The van der Waals surface area contributed by atoms with E-state index in [1.54, 1.807) is 69.8 Å². The highest BCUT2D eigenvalue weighted by Gasteiger charge is 2.22. The second kappa shape index (κ2) is 9.48. The van der Waals surface area contributed by atoms with E-state index in [1.807, 2.05) is 19.1 Å². The van der Waals surface area contributed by atoms with Crippen molar-refractivity contribution in [3.63, 3.8) is 0 Å². The zero-order valence-electron chi connectivity index (χ0n) is 19.8. The molecule has 0 aliphatic heterocycles. The van der Waals surface area contributed by atoms with Crippen LogP contribution in [0.2, 0.25) is 5.02 Å². The van der Waals surface area contributed by atoms with Crippen LogP contribution >= 0.6 is 11.6 Å². The molecule has 4 heterocycles. The number of hydrogen-bond donors (Lipinski definition) is 1. The molecule has 0 saturated heterocycles. The average Bonchev–Trinajstić information content (AvgIpc) is 2.82. The van der Waals surface area contributed by atoms with E-state index in [-0.39, 0.29) is 22.9 Å². The molecule has 35 heavy (non-hydrogen) atoms. The van der Waals surface area contributed by atoms with Crippen molar-refractivity contribution in [1.29, 1.82) is 0 Å². The fourth-order valence-corrected chi connectivity index (χ4v) is 3.93. The van der Waals surface area contributed by atoms with Crippen LogP contribution < -0.4 is 15.9 Å². The van der Waals surface area contributed by atoms with Crippen LogP contribution in [0.15, 0.2) is 70.8 Å². The van der Waals surface area contributed by atoms with Crippen LogP contribution in [0.4, 0.5) is 0 Å². The second-order valence-corrected chi connectivity index (χ2v) is 9.11. The molecule has 1 N–H and O–H groups in total. The molecule has 4 rings (SSSR count). The van der Waals surface area contributed by atoms with E-state index in [1.165, 1.54) is 9.13 Å². The average molecular weight is 493 g/mol. The Balaban J connectivity index is 1.78. The predicted octanol–water partition coefficient (Wildman–Crippen LogP) is 3.86. The molecule has 4 aromatic heterocycles. The summed E-state index contributed by atoms with van der Waals surface area (Å²) < 4.78 is 8.61. The van der Waals surface area contributed by atoms with Crippen LogP contribution in [0.3, 0.4) is 0 Å². The number of ether oxygens (including phenoxy) is 1. The first kappa shape index (κ1) is 24.4. The van der Waals surface area contributed by atoms with Gasteiger partial charge in [-0.1, -0.05) is 11.6 Å². The highest BCUT2D eigenvalue weighted by atomic mass is 35.5. The van der Waals surface area contributed by atoms with Gasteiger partial charge in [0.05, 0.1) is 11.3 Å². The molecule has 0 saturated carbocycles. The predicted molar refractivity (Wildman–Crippen MR) is 134 cm³/mol. The fourth-order valence-electron chi connectivity index (χ4n) is 3.74. The van der Waals surface area contributed by atoms with Crippen molar-refractivity contribution in [1.82, 2.24) is 19.1 Å². The Hall–Kier alpha value is -3.75. The van der Waals surface area contributed by atoms with Gasteiger partial charge in [-0.3, -0.25) is 23.7 Å². The lowest BCUT2D eigenvalue weighted by Gasteiger charge is -2.19.